The Morgan fingerprint density at radius 2 is 1.96 bits per heavy atom. The summed E-state index contributed by atoms with van der Waals surface area (Å²) in [4.78, 5) is 9.17. The van der Waals surface area contributed by atoms with Crippen molar-refractivity contribution in [1.29, 1.82) is 0 Å². The molecule has 1 aromatic carbocycles. The van der Waals surface area contributed by atoms with Crippen molar-refractivity contribution in [3.63, 3.8) is 0 Å². The van der Waals surface area contributed by atoms with E-state index in [0.717, 1.165) is 56.7 Å². The summed E-state index contributed by atoms with van der Waals surface area (Å²) < 4.78 is 2.21. The summed E-state index contributed by atoms with van der Waals surface area (Å²) in [7, 11) is 0. The molecular weight excluding hydrogens is 449 g/mol. The summed E-state index contributed by atoms with van der Waals surface area (Å²) in [6.07, 6.45) is 7.16. The molecule has 0 spiro atoms. The smallest absolute Gasteiger partial charge is 0.191 e. The molecule has 0 atom stereocenters. The van der Waals surface area contributed by atoms with Gasteiger partial charge in [0.05, 0.1) is 0 Å². The molecule has 0 aliphatic heterocycles. The molecule has 0 amide bonds. The first-order chi connectivity index (χ1) is 12.7. The molecule has 0 aliphatic carbocycles. The van der Waals surface area contributed by atoms with E-state index >= 15 is 0 Å². The number of halogens is 1. The standard InChI is InChI=1S/C21H33N5.HI/c1-4-22-21(24-13-8-9-18(2)3)25-14-12-20-23-15-16-26(20)17-19-10-6-5-7-11-19;/h5-7,10-11,15-16,18H,4,8-9,12-14,17H2,1-3H3,(H2,22,24,25);1H. The largest absolute Gasteiger partial charge is 0.357 e. The first-order valence-electron chi connectivity index (χ1n) is 9.75. The van der Waals surface area contributed by atoms with Crippen LogP contribution in [0.2, 0.25) is 0 Å². The number of aromatic nitrogens is 2. The van der Waals surface area contributed by atoms with Crippen molar-refractivity contribution in [2.75, 3.05) is 19.6 Å². The number of guanidine groups is 1. The third-order valence-electron chi connectivity index (χ3n) is 4.19. The quantitative estimate of drug-likeness (QED) is 0.232. The van der Waals surface area contributed by atoms with Crippen LogP contribution < -0.4 is 10.6 Å². The van der Waals surface area contributed by atoms with Gasteiger partial charge < -0.3 is 15.2 Å². The van der Waals surface area contributed by atoms with E-state index in [9.17, 15) is 0 Å². The topological polar surface area (TPSA) is 54.2 Å². The van der Waals surface area contributed by atoms with Gasteiger partial charge in [0.1, 0.15) is 5.82 Å². The molecule has 0 bridgehead atoms. The van der Waals surface area contributed by atoms with E-state index in [1.807, 2.05) is 18.5 Å². The maximum atomic E-state index is 4.66. The van der Waals surface area contributed by atoms with Crippen molar-refractivity contribution >= 4 is 29.9 Å². The van der Waals surface area contributed by atoms with E-state index in [-0.39, 0.29) is 24.0 Å². The fourth-order valence-electron chi connectivity index (χ4n) is 2.82. The zero-order chi connectivity index (χ0) is 18.6. The first-order valence-corrected chi connectivity index (χ1v) is 9.75. The van der Waals surface area contributed by atoms with Crippen LogP contribution in [0.3, 0.4) is 0 Å². The maximum Gasteiger partial charge on any atom is 0.191 e. The van der Waals surface area contributed by atoms with Crippen LogP contribution in [0.4, 0.5) is 0 Å². The predicted molar refractivity (Wildman–Crippen MR) is 125 cm³/mol. The second-order valence-electron chi connectivity index (χ2n) is 6.93. The Labute approximate surface area is 181 Å². The third-order valence-corrected chi connectivity index (χ3v) is 4.19. The molecule has 2 N–H and O–H groups in total. The summed E-state index contributed by atoms with van der Waals surface area (Å²) in [5, 5.41) is 6.74. The Morgan fingerprint density at radius 1 is 1.19 bits per heavy atom. The van der Waals surface area contributed by atoms with Gasteiger partial charge in [0.25, 0.3) is 0 Å². The fraction of sp³-hybridized carbons (Fsp3) is 0.524. The minimum atomic E-state index is 0. The number of imidazole rings is 1. The molecule has 0 fully saturated rings. The molecule has 2 aromatic rings. The minimum absolute atomic E-state index is 0. The van der Waals surface area contributed by atoms with Gasteiger partial charge in [-0.2, -0.15) is 0 Å². The maximum absolute atomic E-state index is 4.66. The zero-order valence-electron chi connectivity index (χ0n) is 16.8. The highest BCUT2D eigenvalue weighted by atomic mass is 127. The molecule has 1 aromatic heterocycles. The molecule has 5 nitrogen and oxygen atoms in total. The lowest BCUT2D eigenvalue weighted by Crippen LogP contribution is -2.38. The van der Waals surface area contributed by atoms with Crippen LogP contribution in [0.25, 0.3) is 0 Å². The average molecular weight is 483 g/mol. The van der Waals surface area contributed by atoms with Crippen molar-refractivity contribution in [3.8, 4) is 0 Å². The normalized spacial score (nSPS) is 11.3. The lowest BCUT2D eigenvalue weighted by molar-refractivity contribution is 0.560. The number of aliphatic imine (C=N–C) groups is 1. The highest BCUT2D eigenvalue weighted by molar-refractivity contribution is 14.0. The van der Waals surface area contributed by atoms with Crippen molar-refractivity contribution in [3.05, 3.63) is 54.1 Å². The molecule has 0 radical (unpaired) electrons. The minimum Gasteiger partial charge on any atom is -0.357 e. The van der Waals surface area contributed by atoms with Crippen LogP contribution in [0, 0.1) is 5.92 Å². The van der Waals surface area contributed by atoms with Crippen LogP contribution in [-0.4, -0.2) is 35.1 Å². The van der Waals surface area contributed by atoms with Crippen LogP contribution in [0.15, 0.2) is 47.7 Å². The summed E-state index contributed by atoms with van der Waals surface area (Å²) in [6, 6.07) is 10.5. The lowest BCUT2D eigenvalue weighted by atomic mass is 10.1. The van der Waals surface area contributed by atoms with Gasteiger partial charge in [0, 0.05) is 45.0 Å². The van der Waals surface area contributed by atoms with Crippen LogP contribution >= 0.6 is 24.0 Å². The number of nitrogens with one attached hydrogen (secondary N) is 2. The summed E-state index contributed by atoms with van der Waals surface area (Å²) in [5.41, 5.74) is 1.29. The molecular formula is C21H34IN5. The molecule has 0 saturated heterocycles. The number of benzene rings is 1. The summed E-state index contributed by atoms with van der Waals surface area (Å²) in [5.74, 6) is 2.73. The van der Waals surface area contributed by atoms with Gasteiger partial charge in [-0.05, 0) is 31.2 Å². The average Bonchev–Trinajstić information content (AvgIpc) is 3.06. The Hall–Kier alpha value is -1.57. The Morgan fingerprint density at radius 3 is 2.67 bits per heavy atom. The molecule has 0 aliphatic rings. The van der Waals surface area contributed by atoms with Crippen LogP contribution in [0.5, 0.6) is 0 Å². The lowest BCUT2D eigenvalue weighted by Gasteiger charge is -2.12. The molecule has 27 heavy (non-hydrogen) atoms. The molecule has 0 unspecified atom stereocenters. The summed E-state index contributed by atoms with van der Waals surface area (Å²) >= 11 is 0. The van der Waals surface area contributed by atoms with E-state index in [4.69, 9.17) is 0 Å². The second-order valence-corrected chi connectivity index (χ2v) is 6.93. The van der Waals surface area contributed by atoms with Crippen molar-refractivity contribution in [1.82, 2.24) is 20.2 Å². The third kappa shape index (κ3) is 9.26. The highest BCUT2D eigenvalue weighted by Gasteiger charge is 2.04. The van der Waals surface area contributed by atoms with Gasteiger partial charge >= 0.3 is 0 Å². The number of hydrogen-bond acceptors (Lipinski definition) is 2. The van der Waals surface area contributed by atoms with Gasteiger partial charge in [-0.25, -0.2) is 4.98 Å². The van der Waals surface area contributed by atoms with Crippen LogP contribution in [-0.2, 0) is 13.0 Å². The molecule has 1 heterocycles. The van der Waals surface area contributed by atoms with Gasteiger partial charge in [-0.3, -0.25) is 4.99 Å². The molecule has 150 valence electrons. The Kier molecular flexibility index (Phi) is 11.8. The predicted octanol–water partition coefficient (Wildman–Crippen LogP) is 4.08. The molecule has 6 heteroatoms. The number of rotatable bonds is 10. The van der Waals surface area contributed by atoms with E-state index in [1.165, 1.54) is 12.0 Å². The molecule has 2 rings (SSSR count). The van der Waals surface area contributed by atoms with Crippen LogP contribution in [0.1, 0.15) is 45.0 Å². The second kappa shape index (κ2) is 13.6. The Bertz CT molecular complexity index is 652. The van der Waals surface area contributed by atoms with Gasteiger partial charge in [0.15, 0.2) is 5.96 Å². The number of hydrogen-bond donors (Lipinski definition) is 2. The van der Waals surface area contributed by atoms with E-state index in [2.05, 4.69) is 70.2 Å². The zero-order valence-corrected chi connectivity index (χ0v) is 19.1. The SMILES string of the molecule is CCNC(=NCCCC(C)C)NCCc1nccn1Cc1ccccc1.I. The van der Waals surface area contributed by atoms with Gasteiger partial charge in [-0.15, -0.1) is 24.0 Å². The van der Waals surface area contributed by atoms with Crippen molar-refractivity contribution < 1.29 is 0 Å². The number of nitrogens with zero attached hydrogens (tertiary/aromatic N) is 3. The fourth-order valence-corrected chi connectivity index (χ4v) is 2.82. The highest BCUT2D eigenvalue weighted by Crippen LogP contribution is 2.06. The van der Waals surface area contributed by atoms with E-state index in [1.54, 1.807) is 0 Å². The van der Waals surface area contributed by atoms with Crippen molar-refractivity contribution in [2.45, 2.75) is 46.6 Å². The van der Waals surface area contributed by atoms with Gasteiger partial charge in [0.2, 0.25) is 0 Å². The summed E-state index contributed by atoms with van der Waals surface area (Å²) in [6.45, 7) is 10.0. The first kappa shape index (κ1) is 23.5. The monoisotopic (exact) mass is 483 g/mol. The van der Waals surface area contributed by atoms with E-state index in [0.29, 0.717) is 0 Å². The Balaban J connectivity index is 0.00000364. The van der Waals surface area contributed by atoms with Crippen molar-refractivity contribution in [2.24, 2.45) is 10.9 Å². The molecule has 0 saturated carbocycles. The van der Waals surface area contributed by atoms with Gasteiger partial charge in [-0.1, -0.05) is 44.2 Å². The van der Waals surface area contributed by atoms with E-state index < -0.39 is 0 Å².